The van der Waals surface area contributed by atoms with Crippen LogP contribution in [-0.2, 0) is 11.2 Å². The lowest BCUT2D eigenvalue weighted by Gasteiger charge is -2.00. The zero-order valence-electron chi connectivity index (χ0n) is 10.3. The molecule has 6 heteroatoms. The van der Waals surface area contributed by atoms with E-state index in [0.29, 0.717) is 22.5 Å². The second-order valence-electron chi connectivity index (χ2n) is 4.30. The molecule has 2 heterocycles. The summed E-state index contributed by atoms with van der Waals surface area (Å²) < 4.78 is 14.8. The highest BCUT2D eigenvalue weighted by atomic mass is 19.1. The molecule has 1 aromatic carbocycles. The molecule has 0 spiro atoms. The molecule has 0 fully saturated rings. The van der Waals surface area contributed by atoms with Gasteiger partial charge in [-0.05, 0) is 18.2 Å². The molecule has 0 saturated heterocycles. The third-order valence-electron chi connectivity index (χ3n) is 2.92. The summed E-state index contributed by atoms with van der Waals surface area (Å²) in [4.78, 5) is 15.2. The maximum absolute atomic E-state index is 13.3. The molecule has 5 nitrogen and oxygen atoms in total. The standard InChI is InChI=1S/C14H10FN3O2/c15-10-4-1-3-9(7-10)13-11(8-12(19)20)14-16-5-2-6-18(14)17-13/h1-7H,8H2,(H,19,20). The minimum absolute atomic E-state index is 0.216. The number of hydrogen-bond donors (Lipinski definition) is 1. The lowest BCUT2D eigenvalue weighted by Crippen LogP contribution is -2.01. The van der Waals surface area contributed by atoms with Crippen LogP contribution < -0.4 is 0 Å². The zero-order valence-corrected chi connectivity index (χ0v) is 10.3. The second kappa shape index (κ2) is 4.73. The molecule has 20 heavy (non-hydrogen) atoms. The Labute approximate surface area is 113 Å². The second-order valence-corrected chi connectivity index (χ2v) is 4.30. The van der Waals surface area contributed by atoms with Gasteiger partial charge >= 0.3 is 5.97 Å². The van der Waals surface area contributed by atoms with Crippen molar-refractivity contribution in [2.75, 3.05) is 0 Å². The first-order valence-corrected chi connectivity index (χ1v) is 5.95. The fraction of sp³-hybridized carbons (Fsp3) is 0.0714. The smallest absolute Gasteiger partial charge is 0.308 e. The summed E-state index contributed by atoms with van der Waals surface area (Å²) in [5.74, 6) is -1.38. The summed E-state index contributed by atoms with van der Waals surface area (Å²) in [6.07, 6.45) is 3.03. The highest BCUT2D eigenvalue weighted by molar-refractivity contribution is 5.80. The topological polar surface area (TPSA) is 67.5 Å². The van der Waals surface area contributed by atoms with Crippen LogP contribution >= 0.6 is 0 Å². The van der Waals surface area contributed by atoms with E-state index in [1.54, 1.807) is 30.6 Å². The van der Waals surface area contributed by atoms with Gasteiger partial charge in [-0.2, -0.15) is 5.10 Å². The molecule has 100 valence electrons. The summed E-state index contributed by atoms with van der Waals surface area (Å²) in [7, 11) is 0. The van der Waals surface area contributed by atoms with Crippen LogP contribution in [0.5, 0.6) is 0 Å². The van der Waals surface area contributed by atoms with Crippen LogP contribution in [0.3, 0.4) is 0 Å². The first-order chi connectivity index (χ1) is 9.65. The molecule has 0 unspecified atom stereocenters. The van der Waals surface area contributed by atoms with Gasteiger partial charge in [0, 0.05) is 23.5 Å². The lowest BCUT2D eigenvalue weighted by atomic mass is 10.1. The third-order valence-corrected chi connectivity index (χ3v) is 2.92. The van der Waals surface area contributed by atoms with E-state index < -0.39 is 11.8 Å². The van der Waals surface area contributed by atoms with Gasteiger partial charge in [-0.25, -0.2) is 13.9 Å². The number of aromatic nitrogens is 3. The first kappa shape index (κ1) is 12.3. The Balaban J connectivity index is 2.26. The Kier molecular flexibility index (Phi) is 2.90. The Morgan fingerprint density at radius 3 is 2.95 bits per heavy atom. The van der Waals surface area contributed by atoms with Gasteiger partial charge in [-0.15, -0.1) is 0 Å². The number of fused-ring (bicyclic) bond motifs is 1. The molecule has 0 radical (unpaired) electrons. The number of halogens is 1. The van der Waals surface area contributed by atoms with Crippen LogP contribution in [0, 0.1) is 5.82 Å². The van der Waals surface area contributed by atoms with Crippen LogP contribution in [-0.4, -0.2) is 25.7 Å². The molecular formula is C14H10FN3O2. The molecule has 2 aromatic heterocycles. The number of carboxylic acid groups (broad SMARTS) is 1. The van der Waals surface area contributed by atoms with E-state index in [2.05, 4.69) is 10.1 Å². The van der Waals surface area contributed by atoms with Gasteiger partial charge in [0.25, 0.3) is 0 Å². The molecule has 0 aliphatic rings. The molecule has 0 atom stereocenters. The largest absolute Gasteiger partial charge is 0.481 e. The van der Waals surface area contributed by atoms with Crippen molar-refractivity contribution in [1.29, 1.82) is 0 Å². The first-order valence-electron chi connectivity index (χ1n) is 5.95. The van der Waals surface area contributed by atoms with Crippen LogP contribution in [0.15, 0.2) is 42.7 Å². The Morgan fingerprint density at radius 2 is 2.20 bits per heavy atom. The van der Waals surface area contributed by atoms with Crippen LogP contribution in [0.1, 0.15) is 5.56 Å². The van der Waals surface area contributed by atoms with Crippen molar-refractivity contribution in [3.8, 4) is 11.3 Å². The maximum atomic E-state index is 13.3. The van der Waals surface area contributed by atoms with Gasteiger partial charge in [0.1, 0.15) is 5.82 Å². The van der Waals surface area contributed by atoms with E-state index in [1.165, 1.54) is 16.6 Å². The molecule has 1 N–H and O–H groups in total. The van der Waals surface area contributed by atoms with Crippen molar-refractivity contribution < 1.29 is 14.3 Å². The molecule has 3 rings (SSSR count). The van der Waals surface area contributed by atoms with Gasteiger partial charge in [0.15, 0.2) is 5.65 Å². The molecule has 0 bridgehead atoms. The van der Waals surface area contributed by atoms with Crippen molar-refractivity contribution >= 4 is 11.6 Å². The fourth-order valence-electron chi connectivity index (χ4n) is 2.12. The fourth-order valence-corrected chi connectivity index (χ4v) is 2.12. The van der Waals surface area contributed by atoms with Crippen molar-refractivity contribution in [2.45, 2.75) is 6.42 Å². The number of carbonyl (C=O) groups is 1. The predicted octanol–water partition coefficient (Wildman–Crippen LogP) is 2.16. The molecule has 0 aliphatic heterocycles. The van der Waals surface area contributed by atoms with Crippen molar-refractivity contribution in [2.24, 2.45) is 0 Å². The van der Waals surface area contributed by atoms with Crippen LogP contribution in [0.2, 0.25) is 0 Å². The number of nitrogens with zero attached hydrogens (tertiary/aromatic N) is 3. The van der Waals surface area contributed by atoms with Crippen LogP contribution in [0.25, 0.3) is 16.9 Å². The Bertz CT molecular complexity index is 798. The Hall–Kier alpha value is -2.76. The van der Waals surface area contributed by atoms with Gasteiger partial charge in [0.05, 0.1) is 12.1 Å². The quantitative estimate of drug-likeness (QED) is 0.792. The van der Waals surface area contributed by atoms with E-state index in [4.69, 9.17) is 5.11 Å². The molecule has 0 saturated carbocycles. The van der Waals surface area contributed by atoms with E-state index in [-0.39, 0.29) is 6.42 Å². The summed E-state index contributed by atoms with van der Waals surface area (Å²) in [5.41, 5.74) is 1.91. The minimum Gasteiger partial charge on any atom is -0.481 e. The third kappa shape index (κ3) is 2.11. The number of benzene rings is 1. The van der Waals surface area contributed by atoms with E-state index >= 15 is 0 Å². The van der Waals surface area contributed by atoms with Crippen LogP contribution in [0.4, 0.5) is 4.39 Å². The van der Waals surface area contributed by atoms with Gasteiger partial charge in [-0.3, -0.25) is 4.79 Å². The molecule has 0 amide bonds. The maximum Gasteiger partial charge on any atom is 0.308 e. The van der Waals surface area contributed by atoms with Gasteiger partial charge < -0.3 is 5.11 Å². The van der Waals surface area contributed by atoms with Crippen molar-refractivity contribution in [3.63, 3.8) is 0 Å². The van der Waals surface area contributed by atoms with E-state index in [1.807, 2.05) is 0 Å². The number of carboxylic acids is 1. The number of aliphatic carboxylic acids is 1. The monoisotopic (exact) mass is 271 g/mol. The predicted molar refractivity (Wildman–Crippen MR) is 69.7 cm³/mol. The minimum atomic E-state index is -0.983. The summed E-state index contributed by atoms with van der Waals surface area (Å²) in [6, 6.07) is 7.60. The highest BCUT2D eigenvalue weighted by Crippen LogP contribution is 2.26. The molecular weight excluding hydrogens is 261 g/mol. The average Bonchev–Trinajstić information content (AvgIpc) is 2.77. The van der Waals surface area contributed by atoms with Crippen molar-refractivity contribution in [1.82, 2.24) is 14.6 Å². The Morgan fingerprint density at radius 1 is 1.35 bits per heavy atom. The molecule has 3 aromatic rings. The number of hydrogen-bond acceptors (Lipinski definition) is 3. The summed E-state index contributed by atoms with van der Waals surface area (Å²) >= 11 is 0. The van der Waals surface area contributed by atoms with E-state index in [0.717, 1.165) is 0 Å². The summed E-state index contributed by atoms with van der Waals surface area (Å²) in [5, 5.41) is 13.3. The SMILES string of the molecule is O=C(O)Cc1c(-c2cccc(F)c2)nn2cccnc12. The number of rotatable bonds is 3. The average molecular weight is 271 g/mol. The lowest BCUT2D eigenvalue weighted by molar-refractivity contribution is -0.136. The molecule has 0 aliphatic carbocycles. The van der Waals surface area contributed by atoms with Gasteiger partial charge in [0.2, 0.25) is 0 Å². The zero-order chi connectivity index (χ0) is 14.1. The van der Waals surface area contributed by atoms with Gasteiger partial charge in [-0.1, -0.05) is 12.1 Å². The van der Waals surface area contributed by atoms with E-state index in [9.17, 15) is 9.18 Å². The summed E-state index contributed by atoms with van der Waals surface area (Å²) in [6.45, 7) is 0. The van der Waals surface area contributed by atoms with Crippen molar-refractivity contribution in [3.05, 3.63) is 54.1 Å². The normalized spacial score (nSPS) is 10.8. The highest BCUT2D eigenvalue weighted by Gasteiger charge is 2.18.